The molecule has 0 saturated carbocycles. The fourth-order valence-electron chi connectivity index (χ4n) is 2.88. The molecule has 8 nitrogen and oxygen atoms in total. The summed E-state index contributed by atoms with van der Waals surface area (Å²) in [5.41, 5.74) is 17.4. The van der Waals surface area contributed by atoms with Gasteiger partial charge in [-0.2, -0.15) is 0 Å². The standard InChI is InChI=1S/C20H31N5O3.ClH/c1-14(2)11-17(21)19(28)25(16(13-26)9-6-10-24-20(22)23)18(27)12-15-7-4-3-5-8-15;/h3-5,7-8,13-14,16-17H,6,9-12,21H2,1-2H3,(H4,22,23,24);1H/t16-,17-;/m0./s1. The van der Waals surface area contributed by atoms with Gasteiger partial charge in [-0.05, 0) is 30.7 Å². The van der Waals surface area contributed by atoms with Gasteiger partial charge in [0.15, 0.2) is 5.96 Å². The van der Waals surface area contributed by atoms with Crippen LogP contribution in [0.5, 0.6) is 0 Å². The van der Waals surface area contributed by atoms with Gasteiger partial charge in [-0.1, -0.05) is 44.2 Å². The molecule has 0 fully saturated rings. The van der Waals surface area contributed by atoms with E-state index >= 15 is 0 Å². The normalized spacial score (nSPS) is 12.4. The van der Waals surface area contributed by atoms with Crippen molar-refractivity contribution in [1.29, 1.82) is 0 Å². The summed E-state index contributed by atoms with van der Waals surface area (Å²) in [7, 11) is 0. The summed E-state index contributed by atoms with van der Waals surface area (Å²) in [5.74, 6) is -0.848. The molecule has 1 aromatic rings. The van der Waals surface area contributed by atoms with Crippen LogP contribution in [-0.2, 0) is 20.8 Å². The first-order valence-electron chi connectivity index (χ1n) is 9.42. The minimum atomic E-state index is -0.906. The topological polar surface area (TPSA) is 145 Å². The maximum atomic E-state index is 12.9. The maximum Gasteiger partial charge on any atom is 0.246 e. The molecule has 0 aliphatic rings. The number of carbonyl (C=O) groups is 3. The zero-order valence-corrected chi connectivity index (χ0v) is 17.8. The molecule has 2 atom stereocenters. The Balaban J connectivity index is 0.00000784. The van der Waals surface area contributed by atoms with Crippen LogP contribution in [0.1, 0.15) is 38.7 Å². The molecule has 0 unspecified atom stereocenters. The average Bonchev–Trinajstić information content (AvgIpc) is 2.63. The maximum absolute atomic E-state index is 12.9. The summed E-state index contributed by atoms with van der Waals surface area (Å²) in [6.07, 6.45) is 1.76. The molecule has 162 valence electrons. The van der Waals surface area contributed by atoms with E-state index in [2.05, 4.69) is 4.99 Å². The Morgan fingerprint density at radius 1 is 1.17 bits per heavy atom. The Morgan fingerprint density at radius 3 is 2.31 bits per heavy atom. The number of guanidine groups is 1. The Kier molecular flexibility index (Phi) is 12.5. The summed E-state index contributed by atoms with van der Waals surface area (Å²) in [4.78, 5) is 42.4. The number of aliphatic imine (C=N–C) groups is 1. The number of amides is 2. The quantitative estimate of drug-likeness (QED) is 0.209. The number of carbonyl (C=O) groups excluding carboxylic acids is 3. The molecule has 0 aromatic heterocycles. The van der Waals surface area contributed by atoms with Crippen LogP contribution in [-0.4, -0.2) is 47.6 Å². The number of nitrogens with two attached hydrogens (primary N) is 3. The molecule has 0 bridgehead atoms. The molecule has 29 heavy (non-hydrogen) atoms. The van der Waals surface area contributed by atoms with E-state index in [-0.39, 0.29) is 37.1 Å². The first-order valence-corrected chi connectivity index (χ1v) is 9.42. The first kappa shape index (κ1) is 26.6. The number of aldehydes is 1. The van der Waals surface area contributed by atoms with Crippen molar-refractivity contribution in [2.24, 2.45) is 28.1 Å². The number of halogens is 1. The number of imide groups is 1. The van der Waals surface area contributed by atoms with Crippen LogP contribution in [0.2, 0.25) is 0 Å². The molecule has 0 aliphatic carbocycles. The second-order valence-electron chi connectivity index (χ2n) is 7.15. The zero-order chi connectivity index (χ0) is 21.1. The highest BCUT2D eigenvalue weighted by atomic mass is 35.5. The predicted molar refractivity (Wildman–Crippen MR) is 116 cm³/mol. The monoisotopic (exact) mass is 425 g/mol. The molecule has 0 radical (unpaired) electrons. The van der Waals surface area contributed by atoms with Crippen LogP contribution in [0.15, 0.2) is 35.3 Å². The Morgan fingerprint density at radius 2 is 1.79 bits per heavy atom. The van der Waals surface area contributed by atoms with Gasteiger partial charge in [0.1, 0.15) is 6.29 Å². The van der Waals surface area contributed by atoms with Gasteiger partial charge in [-0.15, -0.1) is 12.4 Å². The smallest absolute Gasteiger partial charge is 0.246 e. The number of rotatable bonds is 11. The van der Waals surface area contributed by atoms with Gasteiger partial charge in [-0.25, -0.2) is 0 Å². The molecular formula is C20H32ClN5O3. The number of benzene rings is 1. The zero-order valence-electron chi connectivity index (χ0n) is 17.0. The molecule has 2 amide bonds. The van der Waals surface area contributed by atoms with Crippen molar-refractivity contribution in [1.82, 2.24) is 4.90 Å². The lowest BCUT2D eigenvalue weighted by Gasteiger charge is -2.29. The van der Waals surface area contributed by atoms with Gasteiger partial charge in [0, 0.05) is 6.54 Å². The van der Waals surface area contributed by atoms with Crippen molar-refractivity contribution in [2.75, 3.05) is 6.54 Å². The molecule has 0 saturated heterocycles. The highest BCUT2D eigenvalue weighted by molar-refractivity contribution is 6.00. The molecule has 9 heteroatoms. The Labute approximate surface area is 178 Å². The summed E-state index contributed by atoms with van der Waals surface area (Å²) in [5, 5.41) is 0. The number of nitrogens with zero attached hydrogens (tertiary/aromatic N) is 2. The van der Waals surface area contributed by atoms with E-state index in [0.29, 0.717) is 25.7 Å². The molecule has 6 N–H and O–H groups in total. The van der Waals surface area contributed by atoms with Gasteiger partial charge in [-0.3, -0.25) is 19.5 Å². The lowest BCUT2D eigenvalue weighted by Crippen LogP contribution is -2.53. The van der Waals surface area contributed by atoms with Gasteiger partial charge < -0.3 is 22.0 Å². The van der Waals surface area contributed by atoms with Gasteiger partial charge in [0.05, 0.1) is 18.5 Å². The van der Waals surface area contributed by atoms with Crippen LogP contribution in [0.25, 0.3) is 0 Å². The number of hydrogen-bond acceptors (Lipinski definition) is 5. The van der Waals surface area contributed by atoms with Crippen molar-refractivity contribution in [3.05, 3.63) is 35.9 Å². The molecule has 1 rings (SSSR count). The predicted octanol–water partition coefficient (Wildman–Crippen LogP) is 1.00. The van der Waals surface area contributed by atoms with Gasteiger partial charge in [0.25, 0.3) is 0 Å². The fourth-order valence-corrected chi connectivity index (χ4v) is 2.88. The molecule has 0 spiro atoms. The van der Waals surface area contributed by atoms with Crippen molar-refractivity contribution < 1.29 is 14.4 Å². The second-order valence-corrected chi connectivity index (χ2v) is 7.15. The highest BCUT2D eigenvalue weighted by Gasteiger charge is 2.32. The lowest BCUT2D eigenvalue weighted by molar-refractivity contribution is -0.150. The van der Waals surface area contributed by atoms with Crippen LogP contribution < -0.4 is 17.2 Å². The largest absolute Gasteiger partial charge is 0.370 e. The van der Waals surface area contributed by atoms with Crippen molar-refractivity contribution in [3.8, 4) is 0 Å². The Bertz CT molecular complexity index is 678. The van der Waals surface area contributed by atoms with Crippen LogP contribution in [0.3, 0.4) is 0 Å². The van der Waals surface area contributed by atoms with Gasteiger partial charge in [0.2, 0.25) is 11.8 Å². The third kappa shape index (κ3) is 9.54. The lowest BCUT2D eigenvalue weighted by atomic mass is 10.0. The summed E-state index contributed by atoms with van der Waals surface area (Å²) in [6.45, 7) is 4.19. The molecular weight excluding hydrogens is 394 g/mol. The summed E-state index contributed by atoms with van der Waals surface area (Å²) in [6, 6.07) is 7.30. The third-order valence-electron chi connectivity index (χ3n) is 4.19. The molecule has 1 aromatic carbocycles. The van der Waals surface area contributed by atoms with Crippen LogP contribution >= 0.6 is 12.4 Å². The van der Waals surface area contributed by atoms with E-state index in [9.17, 15) is 14.4 Å². The minimum absolute atomic E-state index is 0. The molecule has 0 heterocycles. The second kappa shape index (κ2) is 13.7. The average molecular weight is 426 g/mol. The van der Waals surface area contributed by atoms with Crippen LogP contribution in [0, 0.1) is 5.92 Å². The molecule has 0 aliphatic heterocycles. The van der Waals surface area contributed by atoms with Crippen molar-refractivity contribution >= 4 is 36.5 Å². The van der Waals surface area contributed by atoms with Crippen LogP contribution in [0.4, 0.5) is 0 Å². The SMILES string of the molecule is CC(C)C[C@H](N)C(=O)N(C(=O)Cc1ccccc1)[C@H](C=O)CCCN=C(N)N.Cl. The van der Waals surface area contributed by atoms with E-state index in [1.165, 1.54) is 0 Å². The fraction of sp³-hybridized carbons (Fsp3) is 0.500. The van der Waals surface area contributed by atoms with E-state index < -0.39 is 23.9 Å². The van der Waals surface area contributed by atoms with Crippen molar-refractivity contribution in [3.63, 3.8) is 0 Å². The third-order valence-corrected chi connectivity index (χ3v) is 4.19. The van der Waals surface area contributed by atoms with E-state index in [0.717, 1.165) is 10.5 Å². The van der Waals surface area contributed by atoms with E-state index in [1.54, 1.807) is 12.1 Å². The summed E-state index contributed by atoms with van der Waals surface area (Å²) < 4.78 is 0. The van der Waals surface area contributed by atoms with Crippen molar-refractivity contribution in [2.45, 2.75) is 51.6 Å². The van der Waals surface area contributed by atoms with E-state index in [4.69, 9.17) is 17.2 Å². The highest BCUT2D eigenvalue weighted by Crippen LogP contribution is 2.14. The number of hydrogen-bond donors (Lipinski definition) is 3. The Hall–Kier alpha value is -2.45. The summed E-state index contributed by atoms with van der Waals surface area (Å²) >= 11 is 0. The van der Waals surface area contributed by atoms with E-state index in [1.807, 2.05) is 32.0 Å². The van der Waals surface area contributed by atoms with Gasteiger partial charge >= 0.3 is 0 Å². The minimum Gasteiger partial charge on any atom is -0.370 e. The first-order chi connectivity index (χ1) is 13.3.